The summed E-state index contributed by atoms with van der Waals surface area (Å²) in [6.45, 7) is 15.0. The number of benzene rings is 2. The van der Waals surface area contributed by atoms with Crippen LogP contribution in [0, 0.1) is 24.7 Å². The highest BCUT2D eigenvalue weighted by Gasteiger charge is 2.39. The number of hydrogen-bond acceptors (Lipinski definition) is 9. The molecule has 1 fully saturated rings. The van der Waals surface area contributed by atoms with E-state index in [-0.39, 0.29) is 46.8 Å². The second kappa shape index (κ2) is 13.3. The van der Waals surface area contributed by atoms with Gasteiger partial charge in [-0.15, -0.1) is 0 Å². The Hall–Kier alpha value is -4.58. The average molecular weight is 698 g/mol. The van der Waals surface area contributed by atoms with Crippen LogP contribution in [-0.4, -0.2) is 64.9 Å². The topological polar surface area (TPSA) is 131 Å². The fourth-order valence-electron chi connectivity index (χ4n) is 7.04. The standard InChI is InChI=1S/C38H47N7O4S/c1-24-11-9-12-25(2)34(24)30-18-33-42-36(40-30)43-50(47,48)29-14-10-13-26(17-29)35(46)45(28(23-49-33)19-37(3,4)5)22-31-39-16-15-32(41-31)44(8)27-20-38(6,7)21-27/h9-18,27-28H,19-23H2,1-8H3,(H,40,42,43)/t28-/m1/s1. The van der Waals surface area contributed by atoms with Gasteiger partial charge in [-0.2, -0.15) is 4.98 Å². The van der Waals surface area contributed by atoms with E-state index in [0.29, 0.717) is 29.4 Å². The van der Waals surface area contributed by atoms with Gasteiger partial charge >= 0.3 is 0 Å². The highest BCUT2D eigenvalue weighted by Crippen LogP contribution is 2.43. The van der Waals surface area contributed by atoms with Crippen LogP contribution in [0.2, 0.25) is 0 Å². The number of ether oxygens (including phenoxy) is 1. The molecule has 264 valence electrons. The Morgan fingerprint density at radius 2 is 1.70 bits per heavy atom. The van der Waals surface area contributed by atoms with Gasteiger partial charge in [-0.1, -0.05) is 58.9 Å². The van der Waals surface area contributed by atoms with E-state index in [9.17, 15) is 13.2 Å². The van der Waals surface area contributed by atoms with Crippen LogP contribution in [0.15, 0.2) is 65.7 Å². The molecule has 4 aromatic rings. The molecule has 11 nitrogen and oxygen atoms in total. The number of rotatable bonds is 6. The first-order chi connectivity index (χ1) is 23.5. The zero-order valence-corrected chi connectivity index (χ0v) is 31.0. The molecular formula is C38H47N7O4S. The van der Waals surface area contributed by atoms with Gasteiger partial charge in [-0.3, -0.25) is 4.79 Å². The molecule has 0 unspecified atom stereocenters. The lowest BCUT2D eigenvalue weighted by atomic mass is 9.68. The van der Waals surface area contributed by atoms with Gasteiger partial charge in [0, 0.05) is 36.5 Å². The summed E-state index contributed by atoms with van der Waals surface area (Å²) in [6, 6.07) is 15.5. The number of carbonyl (C=O) groups is 1. The number of sulfonamides is 1. The van der Waals surface area contributed by atoms with Gasteiger partial charge in [0.2, 0.25) is 11.8 Å². The Labute approximate surface area is 295 Å². The molecule has 4 bridgehead atoms. The zero-order chi connectivity index (χ0) is 36.0. The summed E-state index contributed by atoms with van der Waals surface area (Å²) in [4.78, 5) is 37.0. The molecule has 50 heavy (non-hydrogen) atoms. The number of aryl methyl sites for hydroxylation is 2. The summed E-state index contributed by atoms with van der Waals surface area (Å²) in [5.74, 6) is 0.998. The molecule has 1 amide bonds. The van der Waals surface area contributed by atoms with E-state index < -0.39 is 16.1 Å². The van der Waals surface area contributed by atoms with Crippen LogP contribution in [-0.2, 0) is 16.6 Å². The number of hydrogen-bond donors (Lipinski definition) is 1. The predicted molar refractivity (Wildman–Crippen MR) is 195 cm³/mol. The van der Waals surface area contributed by atoms with Crippen LogP contribution in [0.25, 0.3) is 11.3 Å². The molecule has 2 aliphatic rings. The largest absolute Gasteiger partial charge is 0.475 e. The van der Waals surface area contributed by atoms with Crippen molar-refractivity contribution in [1.82, 2.24) is 24.8 Å². The molecule has 0 spiro atoms. The van der Waals surface area contributed by atoms with Gasteiger partial charge in [0.05, 0.1) is 23.2 Å². The smallest absolute Gasteiger partial charge is 0.264 e. The van der Waals surface area contributed by atoms with Crippen molar-refractivity contribution in [2.75, 3.05) is 23.3 Å². The lowest BCUT2D eigenvalue weighted by Gasteiger charge is -2.47. The van der Waals surface area contributed by atoms with E-state index in [1.54, 1.807) is 29.3 Å². The first kappa shape index (κ1) is 35.3. The fraction of sp³-hybridized carbons (Fsp3) is 0.447. The minimum Gasteiger partial charge on any atom is -0.475 e. The average Bonchev–Trinajstić information content (AvgIpc) is 3.03. The van der Waals surface area contributed by atoms with E-state index in [2.05, 4.69) is 66.2 Å². The second-order valence-electron chi connectivity index (χ2n) is 15.6. The molecule has 2 aromatic heterocycles. The molecular weight excluding hydrogens is 651 g/mol. The molecule has 0 radical (unpaired) electrons. The molecule has 1 saturated carbocycles. The van der Waals surface area contributed by atoms with Crippen LogP contribution >= 0.6 is 0 Å². The van der Waals surface area contributed by atoms with Gasteiger partial charge < -0.3 is 14.5 Å². The van der Waals surface area contributed by atoms with Crippen LogP contribution in [0.4, 0.5) is 11.8 Å². The van der Waals surface area contributed by atoms with Crippen molar-refractivity contribution >= 4 is 27.7 Å². The number of anilines is 2. The van der Waals surface area contributed by atoms with Crippen molar-refractivity contribution < 1.29 is 17.9 Å². The molecule has 6 rings (SSSR count). The maximum absolute atomic E-state index is 14.5. The van der Waals surface area contributed by atoms with Gasteiger partial charge in [0.1, 0.15) is 18.2 Å². The normalized spacial score (nSPS) is 18.8. The fourth-order valence-corrected chi connectivity index (χ4v) is 8.03. The number of nitrogens with one attached hydrogen (secondary N) is 1. The summed E-state index contributed by atoms with van der Waals surface area (Å²) in [5.41, 5.74) is 3.67. The number of amides is 1. The molecule has 2 aromatic carbocycles. The van der Waals surface area contributed by atoms with Crippen molar-refractivity contribution in [2.24, 2.45) is 10.8 Å². The van der Waals surface area contributed by atoms with Gasteiger partial charge in [-0.05, 0) is 79.3 Å². The molecule has 12 heteroatoms. The summed E-state index contributed by atoms with van der Waals surface area (Å²) in [6.07, 6.45) is 4.45. The number of carbonyl (C=O) groups excluding carboxylic acids is 1. The molecule has 1 aliphatic carbocycles. The third kappa shape index (κ3) is 7.75. The van der Waals surface area contributed by atoms with Crippen molar-refractivity contribution in [2.45, 2.75) is 91.3 Å². The van der Waals surface area contributed by atoms with Crippen molar-refractivity contribution in [3.8, 4) is 17.1 Å². The predicted octanol–water partition coefficient (Wildman–Crippen LogP) is 6.82. The lowest BCUT2D eigenvalue weighted by molar-refractivity contribution is 0.0505. The quantitative estimate of drug-likeness (QED) is 0.231. The number of aromatic nitrogens is 4. The Kier molecular flexibility index (Phi) is 9.36. The maximum Gasteiger partial charge on any atom is 0.264 e. The molecule has 0 saturated heterocycles. The first-order valence-corrected chi connectivity index (χ1v) is 18.5. The minimum absolute atomic E-state index is 0.0817. The Bertz CT molecular complexity index is 2000. The molecule has 1 N–H and O–H groups in total. The van der Waals surface area contributed by atoms with Gasteiger partial charge in [-0.25, -0.2) is 28.1 Å². The van der Waals surface area contributed by atoms with E-state index in [1.807, 2.05) is 38.1 Å². The highest BCUT2D eigenvalue weighted by molar-refractivity contribution is 7.92. The molecule has 3 heterocycles. The van der Waals surface area contributed by atoms with Crippen molar-refractivity contribution in [3.63, 3.8) is 0 Å². The van der Waals surface area contributed by atoms with Gasteiger partial charge in [0.15, 0.2) is 0 Å². The number of fused-ring (bicyclic) bond motifs is 4. The maximum atomic E-state index is 14.5. The van der Waals surface area contributed by atoms with E-state index in [0.717, 1.165) is 35.3 Å². The SMILES string of the molecule is Cc1cccc(C)c1-c1cc2nc(n1)NS(=O)(=O)c1cccc(c1)C(=O)N(Cc1nccc(N(C)C3CC(C)(C)C3)n1)[C@H](CC(C)(C)C)CO2. The second-order valence-corrected chi connectivity index (χ2v) is 17.3. The summed E-state index contributed by atoms with van der Waals surface area (Å²) >= 11 is 0. The van der Waals surface area contributed by atoms with Crippen LogP contribution < -0.4 is 14.4 Å². The number of nitrogens with zero attached hydrogens (tertiary/aromatic N) is 6. The molecule has 1 aliphatic heterocycles. The van der Waals surface area contributed by atoms with E-state index in [4.69, 9.17) is 9.72 Å². The zero-order valence-electron chi connectivity index (χ0n) is 30.2. The molecule has 1 atom stereocenters. The monoisotopic (exact) mass is 697 g/mol. The van der Waals surface area contributed by atoms with E-state index >= 15 is 0 Å². The first-order valence-electron chi connectivity index (χ1n) is 17.1. The third-order valence-electron chi connectivity index (χ3n) is 9.52. The Morgan fingerprint density at radius 1 is 1.00 bits per heavy atom. The Balaban J connectivity index is 1.44. The van der Waals surface area contributed by atoms with E-state index in [1.165, 1.54) is 12.1 Å². The third-order valence-corrected chi connectivity index (χ3v) is 10.8. The van der Waals surface area contributed by atoms with Crippen LogP contribution in [0.5, 0.6) is 5.88 Å². The summed E-state index contributed by atoms with van der Waals surface area (Å²) < 4.78 is 36.4. The Morgan fingerprint density at radius 3 is 2.38 bits per heavy atom. The van der Waals surface area contributed by atoms with Crippen molar-refractivity contribution in [1.29, 1.82) is 0 Å². The highest BCUT2D eigenvalue weighted by atomic mass is 32.2. The summed E-state index contributed by atoms with van der Waals surface area (Å²) in [5, 5.41) is 0. The van der Waals surface area contributed by atoms with Crippen molar-refractivity contribution in [3.05, 3.63) is 83.3 Å². The minimum atomic E-state index is -4.18. The summed E-state index contributed by atoms with van der Waals surface area (Å²) in [7, 11) is -2.13. The van der Waals surface area contributed by atoms with Crippen LogP contribution in [0.1, 0.15) is 81.2 Å². The van der Waals surface area contributed by atoms with Gasteiger partial charge in [0.25, 0.3) is 15.9 Å². The lowest BCUT2D eigenvalue weighted by Crippen LogP contribution is -2.47. The van der Waals surface area contributed by atoms with Crippen LogP contribution in [0.3, 0.4) is 0 Å².